The lowest BCUT2D eigenvalue weighted by Gasteiger charge is -2.44. The normalized spacial score (nSPS) is 49.8. The van der Waals surface area contributed by atoms with Crippen LogP contribution in [0.15, 0.2) is 0 Å². The first-order valence-corrected chi connectivity index (χ1v) is 7.07. The Kier molecular flexibility index (Phi) is 6.09. The molecule has 2 saturated heterocycles. The lowest BCUT2D eigenvalue weighted by Crippen LogP contribution is -2.64. The minimum atomic E-state index is -1.99. The number of hydrogen-bond acceptors (Lipinski definition) is 11. The van der Waals surface area contributed by atoms with E-state index < -0.39 is 74.0 Å². The molecule has 8 N–H and O–H groups in total. The van der Waals surface area contributed by atoms with Gasteiger partial charge in [0.1, 0.15) is 42.7 Å². The fraction of sp³-hybridized carbons (Fsp3) is 0.917. The maximum absolute atomic E-state index is 10.9. The van der Waals surface area contributed by atoms with E-state index in [2.05, 4.69) is 4.74 Å². The van der Waals surface area contributed by atoms with Crippen LogP contribution in [0.3, 0.4) is 0 Å². The standard InChI is InChI=1S/C12H20O12/c13-1-2-3(14)4(15)7(18)12(22-2)24-9-6(17)5(16)8(10(19)20)23-11(9)21/h2-9,11-18,21H,1H2,(H,19,20). The van der Waals surface area contributed by atoms with Gasteiger partial charge in [-0.05, 0) is 0 Å². The Hall–Kier alpha value is -0.930. The number of aliphatic carboxylic acids is 1. The average Bonchev–Trinajstić information content (AvgIpc) is 2.54. The molecular formula is C12H20O12. The third-order valence-electron chi connectivity index (χ3n) is 3.95. The van der Waals surface area contributed by atoms with Crippen molar-refractivity contribution in [3.05, 3.63) is 0 Å². The van der Waals surface area contributed by atoms with Crippen molar-refractivity contribution in [1.82, 2.24) is 0 Å². The van der Waals surface area contributed by atoms with Crippen LogP contribution in [0.1, 0.15) is 0 Å². The second kappa shape index (κ2) is 7.53. The van der Waals surface area contributed by atoms with E-state index in [4.69, 9.17) is 19.7 Å². The summed E-state index contributed by atoms with van der Waals surface area (Å²) in [4.78, 5) is 10.9. The molecular weight excluding hydrogens is 336 g/mol. The summed E-state index contributed by atoms with van der Waals surface area (Å²) >= 11 is 0. The zero-order chi connectivity index (χ0) is 18.2. The molecule has 12 heteroatoms. The fourth-order valence-electron chi connectivity index (χ4n) is 2.54. The van der Waals surface area contributed by atoms with Crippen molar-refractivity contribution in [2.24, 2.45) is 0 Å². The molecule has 0 aromatic rings. The number of carbonyl (C=O) groups is 1. The van der Waals surface area contributed by atoms with Crippen LogP contribution in [0.2, 0.25) is 0 Å². The van der Waals surface area contributed by atoms with Crippen molar-refractivity contribution in [2.75, 3.05) is 6.61 Å². The molecule has 10 unspecified atom stereocenters. The van der Waals surface area contributed by atoms with Crippen molar-refractivity contribution in [1.29, 1.82) is 0 Å². The van der Waals surface area contributed by atoms with Gasteiger partial charge in [-0.1, -0.05) is 0 Å². The fourth-order valence-corrected chi connectivity index (χ4v) is 2.54. The van der Waals surface area contributed by atoms with E-state index >= 15 is 0 Å². The third kappa shape index (κ3) is 3.52. The molecule has 0 aromatic carbocycles. The maximum atomic E-state index is 10.9. The van der Waals surface area contributed by atoms with Gasteiger partial charge >= 0.3 is 5.97 Å². The quantitative estimate of drug-likeness (QED) is 0.238. The topological polar surface area (TPSA) is 207 Å². The maximum Gasteiger partial charge on any atom is 0.335 e. The molecule has 0 radical (unpaired) electrons. The Morgan fingerprint density at radius 2 is 1.50 bits per heavy atom. The van der Waals surface area contributed by atoms with Crippen molar-refractivity contribution < 1.29 is 59.9 Å². The Morgan fingerprint density at radius 1 is 0.875 bits per heavy atom. The van der Waals surface area contributed by atoms with Gasteiger partial charge in [0.25, 0.3) is 0 Å². The van der Waals surface area contributed by atoms with Gasteiger partial charge in [0.2, 0.25) is 0 Å². The van der Waals surface area contributed by atoms with E-state index in [9.17, 15) is 35.4 Å². The van der Waals surface area contributed by atoms with Gasteiger partial charge in [0.05, 0.1) is 6.61 Å². The Morgan fingerprint density at radius 3 is 2.04 bits per heavy atom. The van der Waals surface area contributed by atoms with Crippen molar-refractivity contribution in [3.8, 4) is 0 Å². The highest BCUT2D eigenvalue weighted by Gasteiger charge is 2.51. The Bertz CT molecular complexity index is 444. The first-order chi connectivity index (χ1) is 11.2. The van der Waals surface area contributed by atoms with Gasteiger partial charge in [-0.3, -0.25) is 0 Å². The SMILES string of the molecule is O=C(O)C1OC(O)C(OC2OC(CO)C(O)C(O)C2O)C(O)C1O. The lowest BCUT2D eigenvalue weighted by molar-refractivity contribution is -0.358. The van der Waals surface area contributed by atoms with Crippen LogP contribution in [0, 0.1) is 0 Å². The zero-order valence-electron chi connectivity index (χ0n) is 12.2. The minimum Gasteiger partial charge on any atom is -0.479 e. The van der Waals surface area contributed by atoms with Crippen LogP contribution in [0.4, 0.5) is 0 Å². The molecule has 0 spiro atoms. The molecule has 0 saturated carbocycles. The minimum absolute atomic E-state index is 0.721. The van der Waals surface area contributed by atoms with Crippen molar-refractivity contribution in [3.63, 3.8) is 0 Å². The smallest absolute Gasteiger partial charge is 0.335 e. The van der Waals surface area contributed by atoms with Gasteiger partial charge in [-0.2, -0.15) is 0 Å². The molecule has 0 bridgehead atoms. The van der Waals surface area contributed by atoms with Crippen LogP contribution < -0.4 is 0 Å². The van der Waals surface area contributed by atoms with Crippen LogP contribution >= 0.6 is 0 Å². The molecule has 24 heavy (non-hydrogen) atoms. The van der Waals surface area contributed by atoms with Gasteiger partial charge in [-0.25, -0.2) is 4.79 Å². The Labute approximate surface area is 135 Å². The first-order valence-electron chi connectivity index (χ1n) is 7.07. The van der Waals surface area contributed by atoms with E-state index in [-0.39, 0.29) is 0 Å². The van der Waals surface area contributed by atoms with Crippen LogP contribution in [0.25, 0.3) is 0 Å². The van der Waals surface area contributed by atoms with Gasteiger partial charge in [0, 0.05) is 0 Å². The zero-order valence-corrected chi connectivity index (χ0v) is 12.2. The number of carboxylic acids is 1. The van der Waals surface area contributed by atoms with Crippen LogP contribution in [-0.2, 0) is 19.0 Å². The third-order valence-corrected chi connectivity index (χ3v) is 3.95. The molecule has 2 rings (SSSR count). The lowest BCUT2D eigenvalue weighted by atomic mass is 9.97. The summed E-state index contributed by atoms with van der Waals surface area (Å²) < 4.78 is 14.8. The first kappa shape index (κ1) is 19.4. The largest absolute Gasteiger partial charge is 0.479 e. The second-order valence-electron chi connectivity index (χ2n) is 5.56. The second-order valence-corrected chi connectivity index (χ2v) is 5.56. The molecule has 0 amide bonds. The highest BCUT2D eigenvalue weighted by Crippen LogP contribution is 2.28. The van der Waals surface area contributed by atoms with Crippen LogP contribution in [-0.4, -0.2) is 115 Å². The number of aliphatic hydroxyl groups is 7. The van der Waals surface area contributed by atoms with Crippen molar-refractivity contribution in [2.45, 2.75) is 61.4 Å². The highest BCUT2D eigenvalue weighted by atomic mass is 16.7. The predicted molar refractivity (Wildman–Crippen MR) is 69.2 cm³/mol. The predicted octanol–water partition coefficient (Wildman–Crippen LogP) is -5.30. The molecule has 12 nitrogen and oxygen atoms in total. The number of carboxylic acid groups (broad SMARTS) is 1. The summed E-state index contributed by atoms with van der Waals surface area (Å²) in [5, 5.41) is 76.4. The van der Waals surface area contributed by atoms with Gasteiger partial charge < -0.3 is 55.1 Å². The number of hydrogen-bond donors (Lipinski definition) is 8. The summed E-state index contributed by atoms with van der Waals surface area (Å²) in [6.45, 7) is -0.721. The van der Waals surface area contributed by atoms with E-state index in [0.717, 1.165) is 0 Å². The van der Waals surface area contributed by atoms with E-state index in [1.54, 1.807) is 0 Å². The highest BCUT2D eigenvalue weighted by molar-refractivity contribution is 5.73. The average molecular weight is 356 g/mol. The molecule has 0 aliphatic carbocycles. The van der Waals surface area contributed by atoms with Crippen LogP contribution in [0.5, 0.6) is 0 Å². The van der Waals surface area contributed by atoms with E-state index in [1.807, 2.05) is 0 Å². The molecule has 2 heterocycles. The summed E-state index contributed by atoms with van der Waals surface area (Å²) in [7, 11) is 0. The molecule has 140 valence electrons. The van der Waals surface area contributed by atoms with Gasteiger partial charge in [-0.15, -0.1) is 0 Å². The molecule has 2 fully saturated rings. The molecule has 2 aliphatic heterocycles. The summed E-state index contributed by atoms with van der Waals surface area (Å²) in [5.41, 5.74) is 0. The molecule has 0 aromatic heterocycles. The molecule has 2 aliphatic rings. The monoisotopic (exact) mass is 356 g/mol. The number of rotatable bonds is 4. The number of aliphatic hydroxyl groups excluding tert-OH is 7. The number of ether oxygens (including phenoxy) is 3. The van der Waals surface area contributed by atoms with E-state index in [0.29, 0.717) is 0 Å². The summed E-state index contributed by atoms with van der Waals surface area (Å²) in [5.74, 6) is -1.62. The summed E-state index contributed by atoms with van der Waals surface area (Å²) in [6, 6.07) is 0. The molecule has 10 atom stereocenters. The van der Waals surface area contributed by atoms with Gasteiger partial charge in [0.15, 0.2) is 18.7 Å². The van der Waals surface area contributed by atoms with E-state index in [1.165, 1.54) is 0 Å². The van der Waals surface area contributed by atoms with Crippen molar-refractivity contribution >= 4 is 5.97 Å². The summed E-state index contributed by atoms with van der Waals surface area (Å²) in [6.07, 6.45) is -17.7. The Balaban J connectivity index is 2.10.